The number of aromatic amines is 1. The summed E-state index contributed by atoms with van der Waals surface area (Å²) in [6.45, 7) is 0.578. The van der Waals surface area contributed by atoms with Gasteiger partial charge >= 0.3 is 0 Å². The van der Waals surface area contributed by atoms with Crippen molar-refractivity contribution in [3.05, 3.63) is 54.1 Å². The van der Waals surface area contributed by atoms with Gasteiger partial charge in [0.05, 0.1) is 11.0 Å². The fraction of sp³-hybridized carbons (Fsp3) is 0.176. The molecule has 1 heterocycles. The van der Waals surface area contributed by atoms with Crippen LogP contribution in [0.25, 0.3) is 22.2 Å². The van der Waals surface area contributed by atoms with Crippen LogP contribution in [0.15, 0.2) is 42.5 Å². The molecule has 0 aliphatic heterocycles. The third-order valence-corrected chi connectivity index (χ3v) is 3.70. The molecule has 0 aliphatic rings. The van der Waals surface area contributed by atoms with Crippen molar-refractivity contribution in [2.24, 2.45) is 11.5 Å². The van der Waals surface area contributed by atoms with Gasteiger partial charge in [0.25, 0.3) is 5.91 Å². The molecule has 124 valence electrons. The molecule has 6 N–H and O–H groups in total. The lowest BCUT2D eigenvalue weighted by atomic mass is 10.1. The maximum absolute atomic E-state index is 13.0. The number of H-pyrrole nitrogens is 1. The van der Waals surface area contributed by atoms with Gasteiger partial charge in [0, 0.05) is 19.1 Å². The predicted molar refractivity (Wildman–Crippen MR) is 90.9 cm³/mol. The van der Waals surface area contributed by atoms with E-state index in [0.717, 1.165) is 16.6 Å². The van der Waals surface area contributed by atoms with E-state index >= 15 is 0 Å². The average molecular weight is 327 g/mol. The van der Waals surface area contributed by atoms with Gasteiger partial charge in [0.15, 0.2) is 5.82 Å². The fourth-order valence-electron chi connectivity index (χ4n) is 2.33. The summed E-state index contributed by atoms with van der Waals surface area (Å²) in [5.74, 6) is -0.404. The van der Waals surface area contributed by atoms with Gasteiger partial charge < -0.3 is 21.8 Å². The van der Waals surface area contributed by atoms with Crippen molar-refractivity contribution in [3.63, 3.8) is 0 Å². The quantitative estimate of drug-likeness (QED) is 0.567. The molecule has 3 aromatic rings. The molecule has 6 nitrogen and oxygen atoms in total. The number of imidazole rings is 1. The van der Waals surface area contributed by atoms with E-state index in [4.69, 9.17) is 11.5 Å². The zero-order valence-corrected chi connectivity index (χ0v) is 12.9. The first kappa shape index (κ1) is 16.1. The molecular formula is C17H18FN5O. The number of benzene rings is 2. The van der Waals surface area contributed by atoms with Gasteiger partial charge in [-0.25, -0.2) is 9.37 Å². The minimum absolute atomic E-state index is 0.213. The molecule has 1 amide bonds. The highest BCUT2D eigenvalue weighted by atomic mass is 19.1. The lowest BCUT2D eigenvalue weighted by Crippen LogP contribution is -2.42. The molecule has 3 rings (SSSR count). The Hall–Kier alpha value is -2.77. The Balaban J connectivity index is 1.83. The van der Waals surface area contributed by atoms with Crippen LogP contribution < -0.4 is 16.8 Å². The van der Waals surface area contributed by atoms with Crippen molar-refractivity contribution in [3.8, 4) is 11.1 Å². The molecule has 0 fully saturated rings. The van der Waals surface area contributed by atoms with Gasteiger partial charge in [-0.1, -0.05) is 18.2 Å². The second-order valence-electron chi connectivity index (χ2n) is 5.53. The number of halogens is 1. The standard InChI is InChI=1S/C17H18FN5O/c18-12-4-1-10(2-5-12)11-3-6-14-15(7-11)23-16(22-14)17(24)21-9-13(20)8-19/h1-7,13H,8-9,19-20H2,(H,21,24)(H,22,23)/t13-/m0/s1. The number of amides is 1. The van der Waals surface area contributed by atoms with E-state index in [-0.39, 0.29) is 30.1 Å². The van der Waals surface area contributed by atoms with E-state index in [1.807, 2.05) is 18.2 Å². The number of fused-ring (bicyclic) bond motifs is 1. The maximum atomic E-state index is 13.0. The molecule has 0 spiro atoms. The number of carbonyl (C=O) groups excluding carboxylic acids is 1. The summed E-state index contributed by atoms with van der Waals surface area (Å²) in [5.41, 5.74) is 14.3. The molecule has 1 aromatic heterocycles. The molecule has 0 saturated heterocycles. The summed E-state index contributed by atoms with van der Waals surface area (Å²) in [5, 5.41) is 2.68. The molecule has 0 aliphatic carbocycles. The molecule has 24 heavy (non-hydrogen) atoms. The molecule has 0 saturated carbocycles. The molecule has 0 bridgehead atoms. The Labute approximate surface area is 138 Å². The summed E-state index contributed by atoms with van der Waals surface area (Å²) in [7, 11) is 0. The first-order valence-electron chi connectivity index (χ1n) is 7.56. The number of carbonyl (C=O) groups is 1. The Bertz CT molecular complexity index is 859. The Morgan fingerprint density at radius 1 is 1.21 bits per heavy atom. The van der Waals surface area contributed by atoms with Gasteiger partial charge in [-0.05, 0) is 35.4 Å². The molecule has 1 atom stereocenters. The van der Waals surface area contributed by atoms with E-state index in [2.05, 4.69) is 15.3 Å². The minimum atomic E-state index is -0.335. The molecule has 2 aromatic carbocycles. The SMILES string of the molecule is NC[C@H](N)CNC(=O)c1nc2cc(-c3ccc(F)cc3)ccc2[nH]1. The maximum Gasteiger partial charge on any atom is 0.287 e. The number of nitrogens with two attached hydrogens (primary N) is 2. The number of rotatable bonds is 5. The van der Waals surface area contributed by atoms with E-state index in [9.17, 15) is 9.18 Å². The van der Waals surface area contributed by atoms with Crippen LogP contribution in [0.4, 0.5) is 4.39 Å². The van der Waals surface area contributed by atoms with Crippen LogP contribution in [0.5, 0.6) is 0 Å². The number of hydrogen-bond donors (Lipinski definition) is 4. The van der Waals surface area contributed by atoms with Crippen LogP contribution in [0.3, 0.4) is 0 Å². The Kier molecular flexibility index (Phi) is 4.54. The Morgan fingerprint density at radius 2 is 1.92 bits per heavy atom. The molecular weight excluding hydrogens is 309 g/mol. The van der Waals surface area contributed by atoms with Crippen LogP contribution >= 0.6 is 0 Å². The summed E-state index contributed by atoms with van der Waals surface area (Å²) in [6.07, 6.45) is 0. The lowest BCUT2D eigenvalue weighted by molar-refractivity contribution is 0.0942. The van der Waals surface area contributed by atoms with Crippen molar-refractivity contribution in [2.45, 2.75) is 6.04 Å². The Morgan fingerprint density at radius 3 is 2.62 bits per heavy atom. The smallest absolute Gasteiger partial charge is 0.287 e. The third kappa shape index (κ3) is 3.42. The van der Waals surface area contributed by atoms with Crippen LogP contribution in [-0.2, 0) is 0 Å². The first-order valence-corrected chi connectivity index (χ1v) is 7.56. The van der Waals surface area contributed by atoms with E-state index in [0.29, 0.717) is 12.1 Å². The molecule has 0 unspecified atom stereocenters. The van der Waals surface area contributed by atoms with Crippen molar-refractivity contribution in [1.29, 1.82) is 0 Å². The monoisotopic (exact) mass is 327 g/mol. The number of aromatic nitrogens is 2. The zero-order valence-electron chi connectivity index (χ0n) is 12.9. The summed E-state index contributed by atoms with van der Waals surface area (Å²) in [4.78, 5) is 19.4. The number of hydrogen-bond acceptors (Lipinski definition) is 4. The van der Waals surface area contributed by atoms with Crippen LogP contribution in [0.2, 0.25) is 0 Å². The van der Waals surface area contributed by atoms with E-state index in [1.54, 1.807) is 12.1 Å². The van der Waals surface area contributed by atoms with E-state index < -0.39 is 0 Å². The summed E-state index contributed by atoms with van der Waals surface area (Å²) < 4.78 is 13.0. The third-order valence-electron chi connectivity index (χ3n) is 3.70. The van der Waals surface area contributed by atoms with Gasteiger partial charge in [-0.3, -0.25) is 4.79 Å². The van der Waals surface area contributed by atoms with Gasteiger partial charge in [-0.15, -0.1) is 0 Å². The van der Waals surface area contributed by atoms with Crippen LogP contribution in [0, 0.1) is 5.82 Å². The van der Waals surface area contributed by atoms with Crippen molar-refractivity contribution in [1.82, 2.24) is 15.3 Å². The minimum Gasteiger partial charge on any atom is -0.348 e. The van der Waals surface area contributed by atoms with Crippen molar-refractivity contribution >= 4 is 16.9 Å². The predicted octanol–water partition coefficient (Wildman–Crippen LogP) is 1.38. The van der Waals surface area contributed by atoms with Crippen LogP contribution in [0.1, 0.15) is 10.6 Å². The zero-order chi connectivity index (χ0) is 17.1. The molecule has 7 heteroatoms. The van der Waals surface area contributed by atoms with Crippen molar-refractivity contribution in [2.75, 3.05) is 13.1 Å². The highest BCUT2D eigenvalue weighted by Crippen LogP contribution is 2.23. The van der Waals surface area contributed by atoms with Crippen LogP contribution in [-0.4, -0.2) is 35.0 Å². The van der Waals surface area contributed by atoms with E-state index in [1.165, 1.54) is 12.1 Å². The summed E-state index contributed by atoms with van der Waals surface area (Å²) >= 11 is 0. The fourth-order valence-corrected chi connectivity index (χ4v) is 2.33. The number of nitrogens with one attached hydrogen (secondary N) is 2. The van der Waals surface area contributed by atoms with Crippen molar-refractivity contribution < 1.29 is 9.18 Å². The first-order chi connectivity index (χ1) is 11.6. The largest absolute Gasteiger partial charge is 0.348 e. The van der Waals surface area contributed by atoms with Gasteiger partial charge in [0.1, 0.15) is 5.82 Å². The highest BCUT2D eigenvalue weighted by molar-refractivity contribution is 5.94. The topological polar surface area (TPSA) is 110 Å². The second kappa shape index (κ2) is 6.77. The normalized spacial score (nSPS) is 12.3. The van der Waals surface area contributed by atoms with Gasteiger partial charge in [-0.2, -0.15) is 0 Å². The highest BCUT2D eigenvalue weighted by Gasteiger charge is 2.13. The average Bonchev–Trinajstić information content (AvgIpc) is 3.03. The number of nitrogens with zero attached hydrogens (tertiary/aromatic N) is 1. The second-order valence-corrected chi connectivity index (χ2v) is 5.53. The lowest BCUT2D eigenvalue weighted by Gasteiger charge is -2.08. The summed E-state index contributed by atoms with van der Waals surface area (Å²) in [6, 6.07) is 11.5. The molecule has 0 radical (unpaired) electrons. The van der Waals surface area contributed by atoms with Gasteiger partial charge in [0.2, 0.25) is 0 Å².